The molecule has 2 aliphatic rings. The van der Waals surface area contributed by atoms with Gasteiger partial charge in [0.1, 0.15) is 12.3 Å². The number of carbonyl (C=O) groups excluding carboxylic acids is 2. The zero-order valence-electron chi connectivity index (χ0n) is 13.2. The molecule has 1 aliphatic carbocycles. The molecule has 5 heteroatoms. The molecule has 2 aromatic rings. The minimum absolute atomic E-state index is 0.0176. The van der Waals surface area contributed by atoms with E-state index in [2.05, 4.69) is 11.4 Å². The molecule has 0 atom stereocenters. The second kappa shape index (κ2) is 6.00. The van der Waals surface area contributed by atoms with Gasteiger partial charge in [0, 0.05) is 5.69 Å². The summed E-state index contributed by atoms with van der Waals surface area (Å²) in [4.78, 5) is 26.0. The molecule has 2 aromatic carbocycles. The highest BCUT2D eigenvalue weighted by Gasteiger charge is 2.27. The normalized spacial score (nSPS) is 15.5. The van der Waals surface area contributed by atoms with E-state index in [-0.39, 0.29) is 25.0 Å². The standard InChI is InChI=1S/C19H18N2O3/c22-18(20-15-9-8-13-4-3-5-14(13)10-15)11-21-16-6-1-2-7-17(16)24-12-19(21)23/h1-2,6-10H,3-5,11-12H2,(H,20,22). The fraction of sp³-hybridized carbons (Fsp3) is 0.263. The lowest BCUT2D eigenvalue weighted by atomic mass is 10.1. The summed E-state index contributed by atoms with van der Waals surface area (Å²) < 4.78 is 5.39. The molecule has 2 amide bonds. The minimum atomic E-state index is -0.210. The van der Waals surface area contributed by atoms with Gasteiger partial charge in [-0.25, -0.2) is 0 Å². The third-order valence-corrected chi connectivity index (χ3v) is 4.49. The van der Waals surface area contributed by atoms with Gasteiger partial charge in [-0.3, -0.25) is 14.5 Å². The molecule has 1 N–H and O–H groups in total. The first-order valence-corrected chi connectivity index (χ1v) is 8.14. The van der Waals surface area contributed by atoms with Crippen molar-refractivity contribution in [2.75, 3.05) is 23.4 Å². The maximum Gasteiger partial charge on any atom is 0.265 e. The summed E-state index contributed by atoms with van der Waals surface area (Å²) in [6.07, 6.45) is 3.35. The number of nitrogens with one attached hydrogen (secondary N) is 1. The molecule has 0 aromatic heterocycles. The number of rotatable bonds is 3. The van der Waals surface area contributed by atoms with Crippen LogP contribution in [0.5, 0.6) is 5.75 Å². The van der Waals surface area contributed by atoms with Crippen LogP contribution in [0.3, 0.4) is 0 Å². The highest BCUT2D eigenvalue weighted by atomic mass is 16.5. The van der Waals surface area contributed by atoms with Gasteiger partial charge >= 0.3 is 0 Å². The molecule has 0 unspecified atom stereocenters. The molecule has 1 aliphatic heterocycles. The van der Waals surface area contributed by atoms with Crippen LogP contribution in [0.2, 0.25) is 0 Å². The Morgan fingerprint density at radius 1 is 1.12 bits per heavy atom. The van der Waals surface area contributed by atoms with Gasteiger partial charge < -0.3 is 10.1 Å². The Morgan fingerprint density at radius 2 is 1.96 bits per heavy atom. The molecule has 0 spiro atoms. The Kier molecular flexibility index (Phi) is 3.69. The van der Waals surface area contributed by atoms with Crippen LogP contribution < -0.4 is 15.0 Å². The first-order chi connectivity index (χ1) is 11.7. The van der Waals surface area contributed by atoms with Crippen molar-refractivity contribution in [3.63, 3.8) is 0 Å². The van der Waals surface area contributed by atoms with Crippen LogP contribution in [0.25, 0.3) is 0 Å². The third kappa shape index (κ3) is 2.73. The summed E-state index contributed by atoms with van der Waals surface area (Å²) in [5.41, 5.74) is 4.10. The van der Waals surface area contributed by atoms with E-state index in [0.29, 0.717) is 11.4 Å². The average molecular weight is 322 g/mol. The summed E-state index contributed by atoms with van der Waals surface area (Å²) in [6, 6.07) is 13.3. The number of para-hydroxylation sites is 2. The Bertz CT molecular complexity index is 816. The molecule has 0 bridgehead atoms. The van der Waals surface area contributed by atoms with Crippen molar-refractivity contribution in [1.82, 2.24) is 0 Å². The van der Waals surface area contributed by atoms with Crippen LogP contribution in [0.15, 0.2) is 42.5 Å². The molecular formula is C19H18N2O3. The van der Waals surface area contributed by atoms with Gasteiger partial charge in [-0.1, -0.05) is 18.2 Å². The van der Waals surface area contributed by atoms with Gasteiger partial charge in [0.25, 0.3) is 5.91 Å². The molecule has 122 valence electrons. The number of amides is 2. The van der Waals surface area contributed by atoms with Crippen molar-refractivity contribution in [2.24, 2.45) is 0 Å². The fourth-order valence-electron chi connectivity index (χ4n) is 3.32. The first-order valence-electron chi connectivity index (χ1n) is 8.14. The zero-order chi connectivity index (χ0) is 16.5. The van der Waals surface area contributed by atoms with E-state index in [0.717, 1.165) is 18.5 Å². The third-order valence-electron chi connectivity index (χ3n) is 4.49. The number of fused-ring (bicyclic) bond motifs is 2. The molecule has 4 rings (SSSR count). The smallest absolute Gasteiger partial charge is 0.265 e. The Balaban J connectivity index is 1.49. The van der Waals surface area contributed by atoms with E-state index in [9.17, 15) is 9.59 Å². The SMILES string of the molecule is O=C(CN1C(=O)COc2ccccc21)Nc1ccc2c(c1)CCC2. The average Bonchev–Trinajstić information content (AvgIpc) is 3.05. The molecule has 24 heavy (non-hydrogen) atoms. The highest BCUT2D eigenvalue weighted by Crippen LogP contribution is 2.31. The molecular weight excluding hydrogens is 304 g/mol. The van der Waals surface area contributed by atoms with E-state index >= 15 is 0 Å². The quantitative estimate of drug-likeness (QED) is 0.945. The number of benzene rings is 2. The van der Waals surface area contributed by atoms with Gasteiger partial charge in [-0.15, -0.1) is 0 Å². The van der Waals surface area contributed by atoms with Crippen molar-refractivity contribution in [2.45, 2.75) is 19.3 Å². The number of nitrogens with zero attached hydrogens (tertiary/aromatic N) is 1. The lowest BCUT2D eigenvalue weighted by Gasteiger charge is -2.28. The maximum absolute atomic E-state index is 12.4. The Hall–Kier alpha value is -2.82. The van der Waals surface area contributed by atoms with Crippen molar-refractivity contribution < 1.29 is 14.3 Å². The number of carbonyl (C=O) groups is 2. The monoisotopic (exact) mass is 322 g/mol. The van der Waals surface area contributed by atoms with Crippen molar-refractivity contribution in [3.05, 3.63) is 53.6 Å². The maximum atomic E-state index is 12.4. The first kappa shape index (κ1) is 14.8. The predicted octanol–water partition coefficient (Wildman–Crippen LogP) is 2.54. The van der Waals surface area contributed by atoms with Gasteiger partial charge in [0.15, 0.2) is 6.61 Å². The topological polar surface area (TPSA) is 58.6 Å². The van der Waals surface area contributed by atoms with E-state index in [1.807, 2.05) is 24.3 Å². The number of hydrogen-bond donors (Lipinski definition) is 1. The zero-order valence-corrected chi connectivity index (χ0v) is 13.2. The van der Waals surface area contributed by atoms with E-state index in [1.165, 1.54) is 22.4 Å². The second-order valence-corrected chi connectivity index (χ2v) is 6.12. The van der Waals surface area contributed by atoms with Crippen molar-refractivity contribution >= 4 is 23.2 Å². The van der Waals surface area contributed by atoms with Crippen LogP contribution in [0.4, 0.5) is 11.4 Å². The van der Waals surface area contributed by atoms with Crippen LogP contribution >= 0.6 is 0 Å². The van der Waals surface area contributed by atoms with Crippen molar-refractivity contribution in [3.8, 4) is 5.75 Å². The van der Waals surface area contributed by atoms with E-state index < -0.39 is 0 Å². The van der Waals surface area contributed by atoms with Crippen molar-refractivity contribution in [1.29, 1.82) is 0 Å². The lowest BCUT2D eigenvalue weighted by molar-refractivity contribution is -0.123. The summed E-state index contributed by atoms with van der Waals surface area (Å²) in [7, 11) is 0. The minimum Gasteiger partial charge on any atom is -0.482 e. The summed E-state index contributed by atoms with van der Waals surface area (Å²) in [6.45, 7) is -0.0561. The molecule has 0 saturated carbocycles. The van der Waals surface area contributed by atoms with Crippen LogP contribution in [-0.2, 0) is 22.4 Å². The predicted molar refractivity (Wildman–Crippen MR) is 91.4 cm³/mol. The molecule has 0 saturated heterocycles. The van der Waals surface area contributed by atoms with Gasteiger partial charge in [-0.05, 0) is 54.7 Å². The van der Waals surface area contributed by atoms with E-state index in [4.69, 9.17) is 4.74 Å². The van der Waals surface area contributed by atoms with Gasteiger partial charge in [0.05, 0.1) is 5.69 Å². The van der Waals surface area contributed by atoms with Gasteiger partial charge in [-0.2, -0.15) is 0 Å². The van der Waals surface area contributed by atoms with Crippen LogP contribution in [0, 0.1) is 0 Å². The highest BCUT2D eigenvalue weighted by molar-refractivity contribution is 6.04. The number of ether oxygens (including phenoxy) is 1. The van der Waals surface area contributed by atoms with Gasteiger partial charge in [0.2, 0.25) is 5.91 Å². The molecule has 5 nitrogen and oxygen atoms in total. The Labute approximate surface area is 140 Å². The summed E-state index contributed by atoms with van der Waals surface area (Å²) in [5.74, 6) is 0.207. The fourth-order valence-corrected chi connectivity index (χ4v) is 3.32. The van der Waals surface area contributed by atoms with Crippen LogP contribution in [-0.4, -0.2) is 25.0 Å². The largest absolute Gasteiger partial charge is 0.482 e. The Morgan fingerprint density at radius 3 is 2.88 bits per heavy atom. The number of aryl methyl sites for hydroxylation is 2. The van der Waals surface area contributed by atoms with Crippen LogP contribution in [0.1, 0.15) is 17.5 Å². The van der Waals surface area contributed by atoms with E-state index in [1.54, 1.807) is 12.1 Å². The molecule has 0 fully saturated rings. The second-order valence-electron chi connectivity index (χ2n) is 6.12. The summed E-state index contributed by atoms with van der Waals surface area (Å²) >= 11 is 0. The summed E-state index contributed by atoms with van der Waals surface area (Å²) in [5, 5.41) is 2.90. The number of hydrogen-bond acceptors (Lipinski definition) is 3. The number of anilines is 2. The molecule has 1 heterocycles. The molecule has 0 radical (unpaired) electrons. The lowest BCUT2D eigenvalue weighted by Crippen LogP contribution is -2.43.